The van der Waals surface area contributed by atoms with Crippen molar-refractivity contribution in [3.63, 3.8) is 0 Å². The van der Waals surface area contributed by atoms with Crippen LogP contribution < -0.4 is 5.32 Å². The van der Waals surface area contributed by atoms with Crippen LogP contribution in [0.25, 0.3) is 0 Å². The Bertz CT molecular complexity index is 249. The Balaban J connectivity index is 2.03. The van der Waals surface area contributed by atoms with Gasteiger partial charge in [-0.25, -0.2) is 0 Å². The maximum absolute atomic E-state index is 9.55. The molecule has 1 heterocycles. The second-order valence-corrected chi connectivity index (χ2v) is 4.64. The van der Waals surface area contributed by atoms with E-state index in [4.69, 9.17) is 0 Å². The molecular formula is C14H26N2O. The minimum absolute atomic E-state index is 0.283. The van der Waals surface area contributed by atoms with Crippen LogP contribution in [0.15, 0.2) is 24.6 Å². The molecule has 0 bridgehead atoms. The molecule has 1 aliphatic heterocycles. The highest BCUT2D eigenvalue weighted by molar-refractivity contribution is 4.94. The third kappa shape index (κ3) is 5.26. The van der Waals surface area contributed by atoms with Gasteiger partial charge in [-0.1, -0.05) is 25.0 Å². The van der Waals surface area contributed by atoms with Crippen molar-refractivity contribution >= 4 is 0 Å². The van der Waals surface area contributed by atoms with Crippen molar-refractivity contribution in [3.05, 3.63) is 24.6 Å². The zero-order chi connectivity index (χ0) is 12.5. The van der Waals surface area contributed by atoms with Gasteiger partial charge in [-0.15, -0.1) is 0 Å². The van der Waals surface area contributed by atoms with Crippen LogP contribution in [0.3, 0.4) is 0 Å². The summed E-state index contributed by atoms with van der Waals surface area (Å²) in [7, 11) is 0. The molecule has 0 aromatic heterocycles. The summed E-state index contributed by atoms with van der Waals surface area (Å²) >= 11 is 0. The molecular weight excluding hydrogens is 212 g/mol. The lowest BCUT2D eigenvalue weighted by Gasteiger charge is -2.28. The first kappa shape index (κ1) is 14.1. The fraction of sp³-hybridized carbons (Fsp3) is 0.714. The van der Waals surface area contributed by atoms with Crippen molar-refractivity contribution in [2.45, 2.75) is 64.8 Å². The van der Waals surface area contributed by atoms with Crippen LogP contribution in [0.4, 0.5) is 0 Å². The van der Waals surface area contributed by atoms with Gasteiger partial charge in [0.05, 0.1) is 0 Å². The number of nitrogens with one attached hydrogen (secondary N) is 1. The molecule has 0 aromatic rings. The lowest BCUT2D eigenvalue weighted by atomic mass is 10.1. The highest BCUT2D eigenvalue weighted by Crippen LogP contribution is 2.15. The van der Waals surface area contributed by atoms with Crippen LogP contribution in [0.1, 0.15) is 52.4 Å². The maximum Gasteiger partial charge on any atom is 0.125 e. The van der Waals surface area contributed by atoms with Gasteiger partial charge in [0.15, 0.2) is 0 Å². The number of rotatable bonds is 8. The predicted molar refractivity (Wildman–Crippen MR) is 72.1 cm³/mol. The van der Waals surface area contributed by atoms with E-state index in [0.717, 1.165) is 6.42 Å². The van der Waals surface area contributed by atoms with Crippen LogP contribution in [0, 0.1) is 0 Å². The molecule has 0 fully saturated rings. The van der Waals surface area contributed by atoms with Crippen LogP contribution in [-0.4, -0.2) is 22.4 Å². The molecule has 3 nitrogen and oxygen atoms in total. The fourth-order valence-corrected chi connectivity index (χ4v) is 2.17. The largest absolute Gasteiger partial charge is 0.374 e. The standard InChI is InChI=1S/C14H26N2O/c1-3-4-5-6-7-8-9-10-14-15-11-12-16(14)13(2)17/h3-4,11-15,17H,5-10H2,1-2H3/b4-3+. The molecule has 1 rings (SSSR count). The van der Waals surface area contributed by atoms with Crippen LogP contribution >= 0.6 is 0 Å². The highest BCUT2D eigenvalue weighted by Gasteiger charge is 2.20. The van der Waals surface area contributed by atoms with Gasteiger partial charge < -0.3 is 15.3 Å². The zero-order valence-electron chi connectivity index (χ0n) is 11.1. The topological polar surface area (TPSA) is 35.5 Å². The van der Waals surface area contributed by atoms with Crippen LogP contribution in [0.5, 0.6) is 0 Å². The van der Waals surface area contributed by atoms with E-state index in [-0.39, 0.29) is 6.17 Å². The number of hydrogen-bond donors (Lipinski definition) is 2. The molecule has 0 spiro atoms. The minimum atomic E-state index is -0.402. The molecule has 2 unspecified atom stereocenters. The van der Waals surface area contributed by atoms with E-state index in [1.165, 1.54) is 32.1 Å². The monoisotopic (exact) mass is 238 g/mol. The normalized spacial score (nSPS) is 21.1. The first-order chi connectivity index (χ1) is 8.25. The molecule has 0 saturated heterocycles. The number of allylic oxidation sites excluding steroid dienone is 2. The van der Waals surface area contributed by atoms with E-state index in [1.54, 1.807) is 6.92 Å². The Morgan fingerprint density at radius 3 is 2.82 bits per heavy atom. The van der Waals surface area contributed by atoms with Gasteiger partial charge in [-0.2, -0.15) is 0 Å². The van der Waals surface area contributed by atoms with Crippen molar-refractivity contribution in [3.8, 4) is 0 Å². The van der Waals surface area contributed by atoms with E-state index in [0.29, 0.717) is 0 Å². The Morgan fingerprint density at radius 2 is 2.12 bits per heavy atom. The number of nitrogens with zero attached hydrogens (tertiary/aromatic N) is 1. The van der Waals surface area contributed by atoms with Gasteiger partial charge in [0, 0.05) is 12.4 Å². The molecule has 0 amide bonds. The molecule has 2 N–H and O–H groups in total. The van der Waals surface area contributed by atoms with Crippen molar-refractivity contribution in [2.75, 3.05) is 0 Å². The van der Waals surface area contributed by atoms with Crippen molar-refractivity contribution < 1.29 is 5.11 Å². The van der Waals surface area contributed by atoms with E-state index in [9.17, 15) is 5.11 Å². The molecule has 2 atom stereocenters. The first-order valence-corrected chi connectivity index (χ1v) is 6.75. The average Bonchev–Trinajstić information content (AvgIpc) is 2.76. The highest BCUT2D eigenvalue weighted by atomic mass is 16.3. The molecule has 1 aliphatic rings. The summed E-state index contributed by atoms with van der Waals surface area (Å²) in [5.74, 6) is 0. The van der Waals surface area contributed by atoms with Crippen molar-refractivity contribution in [1.82, 2.24) is 10.2 Å². The summed E-state index contributed by atoms with van der Waals surface area (Å²) in [6, 6.07) is 0. The third-order valence-electron chi connectivity index (χ3n) is 3.16. The number of unbranched alkanes of at least 4 members (excludes halogenated alkanes) is 4. The SMILES string of the molecule is C/C=C/CCCCCCC1NC=CN1C(C)O. The van der Waals surface area contributed by atoms with E-state index < -0.39 is 6.23 Å². The molecule has 0 aliphatic carbocycles. The Labute approximate surface area is 105 Å². The van der Waals surface area contributed by atoms with Crippen LogP contribution in [0.2, 0.25) is 0 Å². The molecule has 0 aromatic carbocycles. The number of aliphatic hydroxyl groups excluding tert-OH is 1. The predicted octanol–water partition coefficient (Wildman–Crippen LogP) is 2.94. The molecule has 0 radical (unpaired) electrons. The second-order valence-electron chi connectivity index (χ2n) is 4.64. The third-order valence-corrected chi connectivity index (χ3v) is 3.16. The van der Waals surface area contributed by atoms with E-state index in [1.807, 2.05) is 17.3 Å². The summed E-state index contributed by atoms with van der Waals surface area (Å²) in [5.41, 5.74) is 0. The van der Waals surface area contributed by atoms with Gasteiger partial charge in [0.1, 0.15) is 12.4 Å². The molecule has 17 heavy (non-hydrogen) atoms. The van der Waals surface area contributed by atoms with Gasteiger partial charge in [0.2, 0.25) is 0 Å². The van der Waals surface area contributed by atoms with Gasteiger partial charge in [0.25, 0.3) is 0 Å². The zero-order valence-corrected chi connectivity index (χ0v) is 11.1. The fourth-order valence-electron chi connectivity index (χ4n) is 2.17. The summed E-state index contributed by atoms with van der Waals surface area (Å²) in [6.45, 7) is 3.88. The summed E-state index contributed by atoms with van der Waals surface area (Å²) in [4.78, 5) is 1.97. The molecule has 98 valence electrons. The van der Waals surface area contributed by atoms with Crippen molar-refractivity contribution in [2.24, 2.45) is 0 Å². The minimum Gasteiger partial charge on any atom is -0.374 e. The van der Waals surface area contributed by atoms with Gasteiger partial charge in [-0.05, 0) is 39.5 Å². The lowest BCUT2D eigenvalue weighted by molar-refractivity contribution is 0.0254. The Kier molecular flexibility index (Phi) is 6.78. The second kappa shape index (κ2) is 8.18. The average molecular weight is 238 g/mol. The Morgan fingerprint density at radius 1 is 1.35 bits per heavy atom. The molecule has 0 saturated carbocycles. The van der Waals surface area contributed by atoms with Gasteiger partial charge >= 0.3 is 0 Å². The quantitative estimate of drug-likeness (QED) is 0.504. The summed E-state index contributed by atoms with van der Waals surface area (Å²) in [6.07, 6.45) is 15.5. The van der Waals surface area contributed by atoms with Crippen LogP contribution in [-0.2, 0) is 0 Å². The lowest BCUT2D eigenvalue weighted by Crippen LogP contribution is -2.40. The number of aliphatic hydroxyl groups is 1. The Hall–Kier alpha value is -0.960. The first-order valence-electron chi connectivity index (χ1n) is 6.75. The van der Waals surface area contributed by atoms with E-state index >= 15 is 0 Å². The smallest absolute Gasteiger partial charge is 0.125 e. The number of hydrogen-bond acceptors (Lipinski definition) is 3. The summed E-state index contributed by atoms with van der Waals surface area (Å²) < 4.78 is 0. The summed E-state index contributed by atoms with van der Waals surface area (Å²) in [5, 5.41) is 12.8. The van der Waals surface area contributed by atoms with Gasteiger partial charge in [-0.3, -0.25) is 0 Å². The van der Waals surface area contributed by atoms with E-state index in [2.05, 4.69) is 24.4 Å². The maximum atomic E-state index is 9.55. The molecule has 3 heteroatoms. The van der Waals surface area contributed by atoms with Crippen molar-refractivity contribution in [1.29, 1.82) is 0 Å².